The first-order valence-electron chi connectivity index (χ1n) is 6.91. The van der Waals surface area contributed by atoms with E-state index < -0.39 is 16.1 Å². The van der Waals surface area contributed by atoms with E-state index in [4.69, 9.17) is 20.5 Å². The van der Waals surface area contributed by atoms with Gasteiger partial charge in [0.25, 0.3) is 0 Å². The molecule has 0 bridgehead atoms. The Bertz CT molecular complexity index is 843. The van der Waals surface area contributed by atoms with Gasteiger partial charge in [-0.05, 0) is 35.7 Å². The minimum absolute atomic E-state index is 0.0459. The molecule has 7 heteroatoms. The summed E-state index contributed by atoms with van der Waals surface area (Å²) in [6.45, 7) is 0. The van der Waals surface area contributed by atoms with Crippen LogP contribution in [0.2, 0.25) is 5.02 Å². The number of halogens is 1. The van der Waals surface area contributed by atoms with Crippen molar-refractivity contribution in [1.29, 1.82) is 0 Å². The van der Waals surface area contributed by atoms with Gasteiger partial charge in [-0.15, -0.1) is 0 Å². The average molecular weight is 353 g/mol. The summed E-state index contributed by atoms with van der Waals surface area (Å²) in [4.78, 5) is 11.9. The van der Waals surface area contributed by atoms with Crippen LogP contribution >= 0.6 is 11.6 Å². The zero-order chi connectivity index (χ0) is 16.4. The van der Waals surface area contributed by atoms with E-state index in [0.29, 0.717) is 11.4 Å². The van der Waals surface area contributed by atoms with Gasteiger partial charge >= 0.3 is 16.1 Å². The number of carbonyl (C=O) groups is 1. The number of ether oxygens (including phenoxy) is 1. The smallest absolute Gasteiger partial charge is 0.315 e. The monoisotopic (exact) mass is 352 g/mol. The summed E-state index contributed by atoms with van der Waals surface area (Å²) in [5.41, 5.74) is 1.55. The normalized spacial score (nSPS) is 15.3. The molecular formula is C16H13ClO5S. The van der Waals surface area contributed by atoms with Crippen molar-refractivity contribution in [3.05, 3.63) is 58.6 Å². The molecule has 0 radical (unpaired) electrons. The third-order valence-corrected chi connectivity index (χ3v) is 4.76. The second-order valence-corrected chi connectivity index (χ2v) is 7.27. The predicted octanol–water partition coefficient (Wildman–Crippen LogP) is 2.75. The Kier molecular flexibility index (Phi) is 4.28. The zero-order valence-corrected chi connectivity index (χ0v) is 13.6. The SMILES string of the molecule is O=C(Cc1ccc(Cl)cc1)Oc1ccc2c(c1)OS(=O)(=O)CC2. The van der Waals surface area contributed by atoms with Crippen molar-refractivity contribution in [2.24, 2.45) is 0 Å². The number of esters is 1. The summed E-state index contributed by atoms with van der Waals surface area (Å²) in [6.07, 6.45) is 0.476. The molecule has 23 heavy (non-hydrogen) atoms. The highest BCUT2D eigenvalue weighted by molar-refractivity contribution is 7.87. The third kappa shape index (κ3) is 4.03. The molecule has 1 aliphatic rings. The minimum atomic E-state index is -3.55. The van der Waals surface area contributed by atoms with Crippen LogP contribution in [-0.4, -0.2) is 20.1 Å². The lowest BCUT2D eigenvalue weighted by Crippen LogP contribution is -2.21. The maximum atomic E-state index is 11.9. The van der Waals surface area contributed by atoms with E-state index in [-0.39, 0.29) is 23.7 Å². The maximum Gasteiger partial charge on any atom is 0.315 e. The quantitative estimate of drug-likeness (QED) is 0.482. The van der Waals surface area contributed by atoms with Crippen molar-refractivity contribution in [2.45, 2.75) is 12.8 Å². The molecule has 0 aliphatic carbocycles. The van der Waals surface area contributed by atoms with Crippen LogP contribution in [0.3, 0.4) is 0 Å². The Labute approximate surface area is 138 Å². The van der Waals surface area contributed by atoms with Gasteiger partial charge in [0.1, 0.15) is 11.5 Å². The average Bonchev–Trinajstić information content (AvgIpc) is 2.48. The second-order valence-electron chi connectivity index (χ2n) is 5.14. The highest BCUT2D eigenvalue weighted by atomic mass is 35.5. The number of benzene rings is 2. The van der Waals surface area contributed by atoms with Gasteiger partial charge in [0.05, 0.1) is 12.2 Å². The molecule has 0 atom stereocenters. The molecule has 0 unspecified atom stereocenters. The molecule has 3 rings (SSSR count). The molecule has 1 aliphatic heterocycles. The molecule has 120 valence electrons. The topological polar surface area (TPSA) is 69.7 Å². The lowest BCUT2D eigenvalue weighted by molar-refractivity contribution is -0.133. The van der Waals surface area contributed by atoms with Crippen molar-refractivity contribution in [3.63, 3.8) is 0 Å². The first-order valence-corrected chi connectivity index (χ1v) is 8.87. The molecule has 2 aromatic rings. The molecule has 1 heterocycles. The largest absolute Gasteiger partial charge is 0.426 e. The van der Waals surface area contributed by atoms with E-state index in [0.717, 1.165) is 11.1 Å². The van der Waals surface area contributed by atoms with Crippen LogP contribution in [0, 0.1) is 0 Å². The lowest BCUT2D eigenvalue weighted by Gasteiger charge is -2.17. The Morgan fingerprint density at radius 1 is 1.17 bits per heavy atom. The maximum absolute atomic E-state index is 11.9. The van der Waals surface area contributed by atoms with Crippen molar-refractivity contribution < 1.29 is 22.1 Å². The van der Waals surface area contributed by atoms with E-state index in [2.05, 4.69) is 0 Å². The van der Waals surface area contributed by atoms with E-state index in [1.165, 1.54) is 6.07 Å². The van der Waals surface area contributed by atoms with Gasteiger partial charge in [0, 0.05) is 11.1 Å². The molecular weight excluding hydrogens is 340 g/mol. The molecule has 0 fully saturated rings. The van der Waals surface area contributed by atoms with Gasteiger partial charge in [0.15, 0.2) is 0 Å². The number of fused-ring (bicyclic) bond motifs is 1. The van der Waals surface area contributed by atoms with E-state index in [9.17, 15) is 13.2 Å². The third-order valence-electron chi connectivity index (χ3n) is 3.37. The minimum Gasteiger partial charge on any atom is -0.426 e. The summed E-state index contributed by atoms with van der Waals surface area (Å²) in [6, 6.07) is 11.6. The molecule has 0 saturated carbocycles. The fraction of sp³-hybridized carbons (Fsp3) is 0.188. The van der Waals surface area contributed by atoms with Gasteiger partial charge < -0.3 is 8.92 Å². The van der Waals surface area contributed by atoms with Crippen LogP contribution in [0.15, 0.2) is 42.5 Å². The highest BCUT2D eigenvalue weighted by Crippen LogP contribution is 2.30. The lowest BCUT2D eigenvalue weighted by atomic mass is 10.1. The molecule has 0 saturated heterocycles. The summed E-state index contributed by atoms with van der Waals surface area (Å²) in [5, 5.41) is 0.593. The Morgan fingerprint density at radius 3 is 2.65 bits per heavy atom. The van der Waals surface area contributed by atoms with Crippen LogP contribution in [-0.2, 0) is 27.8 Å². The number of rotatable bonds is 3. The number of hydrogen-bond acceptors (Lipinski definition) is 5. The van der Waals surface area contributed by atoms with Crippen LogP contribution < -0.4 is 8.92 Å². The number of hydrogen-bond donors (Lipinski definition) is 0. The second kappa shape index (κ2) is 6.22. The Balaban J connectivity index is 1.70. The first-order chi connectivity index (χ1) is 10.9. The van der Waals surface area contributed by atoms with E-state index >= 15 is 0 Å². The van der Waals surface area contributed by atoms with Crippen molar-refractivity contribution in [3.8, 4) is 11.5 Å². The number of carbonyl (C=O) groups excluding carboxylic acids is 1. The summed E-state index contributed by atoms with van der Waals surface area (Å²) >= 11 is 5.79. The van der Waals surface area contributed by atoms with Crippen LogP contribution in [0.5, 0.6) is 11.5 Å². The van der Waals surface area contributed by atoms with Gasteiger partial charge in [0.2, 0.25) is 0 Å². The Morgan fingerprint density at radius 2 is 1.91 bits per heavy atom. The van der Waals surface area contributed by atoms with Crippen molar-refractivity contribution in [1.82, 2.24) is 0 Å². The number of aryl methyl sites for hydroxylation is 1. The van der Waals surface area contributed by atoms with Gasteiger partial charge in [-0.3, -0.25) is 4.79 Å². The van der Waals surface area contributed by atoms with Crippen LogP contribution in [0.25, 0.3) is 0 Å². The Hall–Kier alpha value is -2.05. The van der Waals surface area contributed by atoms with E-state index in [1.54, 1.807) is 36.4 Å². The van der Waals surface area contributed by atoms with Crippen LogP contribution in [0.1, 0.15) is 11.1 Å². The van der Waals surface area contributed by atoms with Gasteiger partial charge in [-0.2, -0.15) is 8.42 Å². The van der Waals surface area contributed by atoms with Crippen LogP contribution in [0.4, 0.5) is 0 Å². The summed E-state index contributed by atoms with van der Waals surface area (Å²) in [7, 11) is -3.55. The zero-order valence-electron chi connectivity index (χ0n) is 12.0. The van der Waals surface area contributed by atoms with Crippen molar-refractivity contribution >= 4 is 27.7 Å². The van der Waals surface area contributed by atoms with Gasteiger partial charge in [-0.25, -0.2) is 0 Å². The van der Waals surface area contributed by atoms with Crippen molar-refractivity contribution in [2.75, 3.05) is 5.75 Å². The standard InChI is InChI=1S/C16H13ClO5S/c17-13-4-1-11(2-5-13)9-16(18)21-14-6-3-12-7-8-23(19,20)22-15(12)10-14/h1-6,10H,7-9H2. The van der Waals surface area contributed by atoms with E-state index in [1.807, 2.05) is 0 Å². The molecule has 0 amide bonds. The molecule has 0 aromatic heterocycles. The fourth-order valence-electron chi connectivity index (χ4n) is 2.23. The highest BCUT2D eigenvalue weighted by Gasteiger charge is 2.23. The fourth-order valence-corrected chi connectivity index (χ4v) is 3.34. The predicted molar refractivity (Wildman–Crippen MR) is 85.4 cm³/mol. The van der Waals surface area contributed by atoms with Gasteiger partial charge in [-0.1, -0.05) is 29.8 Å². The molecule has 0 N–H and O–H groups in total. The molecule has 0 spiro atoms. The molecule has 5 nitrogen and oxygen atoms in total. The summed E-state index contributed by atoms with van der Waals surface area (Å²) in [5.74, 6) is -0.0332. The first kappa shape index (κ1) is 15.8. The molecule has 2 aromatic carbocycles. The summed E-state index contributed by atoms with van der Waals surface area (Å²) < 4.78 is 33.1.